The molecular weight excluding hydrogens is 421 g/mol. The number of Topliss-reactive ketones (excluding diaryl/α,β-unsaturated/α-hetero) is 1. The van der Waals surface area contributed by atoms with E-state index in [1.165, 1.54) is 12.1 Å². The van der Waals surface area contributed by atoms with Crippen molar-refractivity contribution in [1.82, 2.24) is 5.32 Å². The summed E-state index contributed by atoms with van der Waals surface area (Å²) in [6.45, 7) is 5.39. The van der Waals surface area contributed by atoms with Crippen LogP contribution < -0.4 is 10.1 Å². The molecule has 1 aliphatic heterocycles. The quantitative estimate of drug-likeness (QED) is 0.640. The van der Waals surface area contributed by atoms with Gasteiger partial charge in [-0.2, -0.15) is 0 Å². The van der Waals surface area contributed by atoms with Gasteiger partial charge in [0.2, 0.25) is 0 Å². The van der Waals surface area contributed by atoms with Gasteiger partial charge in [-0.1, -0.05) is 24.3 Å². The van der Waals surface area contributed by atoms with Gasteiger partial charge in [0.15, 0.2) is 5.78 Å². The molecule has 33 heavy (non-hydrogen) atoms. The van der Waals surface area contributed by atoms with Crippen LogP contribution in [0.25, 0.3) is 0 Å². The first kappa shape index (κ1) is 22.8. The average molecular weight is 450 g/mol. The third-order valence-corrected chi connectivity index (χ3v) is 6.18. The van der Waals surface area contributed by atoms with Crippen molar-refractivity contribution in [2.45, 2.75) is 51.6 Å². The van der Waals surface area contributed by atoms with Crippen molar-refractivity contribution in [2.75, 3.05) is 7.11 Å². The van der Waals surface area contributed by atoms with Crippen molar-refractivity contribution in [3.8, 4) is 5.75 Å². The van der Waals surface area contributed by atoms with Crippen LogP contribution in [0.4, 0.5) is 4.39 Å². The molecule has 2 aromatic rings. The summed E-state index contributed by atoms with van der Waals surface area (Å²) in [6.07, 6.45) is 0.661. The van der Waals surface area contributed by atoms with E-state index >= 15 is 0 Å². The maximum absolute atomic E-state index is 13.7. The summed E-state index contributed by atoms with van der Waals surface area (Å²) >= 11 is 0. The molecule has 5 nitrogen and oxygen atoms in total. The number of rotatable bonds is 5. The number of carbonyl (C=O) groups excluding carboxylic acids is 2. The Balaban J connectivity index is 1.76. The van der Waals surface area contributed by atoms with Crippen molar-refractivity contribution in [2.24, 2.45) is 0 Å². The van der Waals surface area contributed by atoms with E-state index in [9.17, 15) is 14.0 Å². The van der Waals surface area contributed by atoms with Crippen molar-refractivity contribution in [3.63, 3.8) is 0 Å². The lowest BCUT2D eigenvalue weighted by Gasteiger charge is -2.37. The van der Waals surface area contributed by atoms with Crippen LogP contribution in [-0.4, -0.2) is 25.0 Å². The topological polar surface area (TPSA) is 64.6 Å². The molecule has 2 aromatic carbocycles. The highest BCUT2D eigenvalue weighted by Crippen LogP contribution is 2.45. The zero-order valence-electron chi connectivity index (χ0n) is 19.3. The third kappa shape index (κ3) is 4.56. The number of hydrogen-bond acceptors (Lipinski definition) is 5. The van der Waals surface area contributed by atoms with Crippen LogP contribution in [0.2, 0.25) is 0 Å². The Labute approximate surface area is 193 Å². The third-order valence-electron chi connectivity index (χ3n) is 6.18. The Hall–Kier alpha value is -3.41. The van der Waals surface area contributed by atoms with Gasteiger partial charge in [0.25, 0.3) is 0 Å². The highest BCUT2D eigenvalue weighted by molar-refractivity contribution is 6.04. The minimum atomic E-state index is -0.600. The Bertz CT molecular complexity index is 1130. The summed E-state index contributed by atoms with van der Waals surface area (Å²) in [6, 6.07) is 13.7. The Kier molecular flexibility index (Phi) is 6.36. The molecule has 0 unspecified atom stereocenters. The van der Waals surface area contributed by atoms with E-state index in [0.29, 0.717) is 35.2 Å². The zero-order chi connectivity index (χ0) is 23.7. The molecule has 172 valence electrons. The lowest BCUT2D eigenvalue weighted by Crippen LogP contribution is -2.36. The minimum absolute atomic E-state index is 0.0143. The van der Waals surface area contributed by atoms with Crippen LogP contribution in [0, 0.1) is 5.82 Å². The molecule has 0 amide bonds. The van der Waals surface area contributed by atoms with Crippen molar-refractivity contribution < 1.29 is 23.5 Å². The van der Waals surface area contributed by atoms with Crippen LogP contribution in [-0.2, 0) is 14.3 Å². The zero-order valence-corrected chi connectivity index (χ0v) is 19.3. The SMILES string of the molecule is COc1ccc([C@@H]2CC(=O)C3=C(C2)NC(C)=C(C(=O)OC(C)C)[C@H]3c2ccc(F)cc2)cc1. The van der Waals surface area contributed by atoms with Crippen molar-refractivity contribution >= 4 is 11.8 Å². The number of allylic oxidation sites excluding steroid dienone is 3. The summed E-state index contributed by atoms with van der Waals surface area (Å²) in [5.74, 6) is -0.691. The molecule has 4 rings (SSSR count). The van der Waals surface area contributed by atoms with Gasteiger partial charge in [-0.15, -0.1) is 0 Å². The normalized spacial score (nSPS) is 20.5. The molecule has 0 spiro atoms. The van der Waals surface area contributed by atoms with E-state index in [0.717, 1.165) is 17.0 Å². The fourth-order valence-corrected chi connectivity index (χ4v) is 4.69. The Morgan fingerprint density at radius 2 is 1.67 bits per heavy atom. The highest BCUT2D eigenvalue weighted by Gasteiger charge is 2.41. The molecule has 0 fully saturated rings. The maximum atomic E-state index is 13.7. The number of ether oxygens (including phenoxy) is 2. The number of nitrogens with one attached hydrogen (secondary N) is 1. The van der Waals surface area contributed by atoms with Crippen LogP contribution in [0.5, 0.6) is 5.75 Å². The lowest BCUT2D eigenvalue weighted by molar-refractivity contribution is -0.143. The van der Waals surface area contributed by atoms with Gasteiger partial charge in [0, 0.05) is 29.3 Å². The van der Waals surface area contributed by atoms with Crippen molar-refractivity contribution in [3.05, 3.63) is 88.0 Å². The van der Waals surface area contributed by atoms with Gasteiger partial charge in [0.1, 0.15) is 11.6 Å². The Morgan fingerprint density at radius 3 is 2.27 bits per heavy atom. The second-order valence-electron chi connectivity index (χ2n) is 8.80. The standard InChI is InChI=1S/C27H28FNO4/c1-15(2)33-27(31)24-16(3)29-22-13-19(17-7-11-21(32-4)12-8-17)14-23(30)26(22)25(24)18-5-9-20(28)10-6-18/h5-12,15,19,25,29H,13-14H2,1-4H3/t19-,25+/m0/s1. The first-order valence-electron chi connectivity index (χ1n) is 11.1. The number of carbonyl (C=O) groups is 2. The van der Waals surface area contributed by atoms with E-state index in [4.69, 9.17) is 9.47 Å². The molecule has 0 bridgehead atoms. The fourth-order valence-electron chi connectivity index (χ4n) is 4.69. The van der Waals surface area contributed by atoms with Gasteiger partial charge < -0.3 is 14.8 Å². The van der Waals surface area contributed by atoms with Gasteiger partial charge in [-0.3, -0.25) is 4.79 Å². The smallest absolute Gasteiger partial charge is 0.337 e. The number of benzene rings is 2. The van der Waals surface area contributed by atoms with Crippen LogP contribution in [0.15, 0.2) is 71.1 Å². The van der Waals surface area contributed by atoms with E-state index in [2.05, 4.69) is 5.32 Å². The molecule has 0 aromatic heterocycles. The monoisotopic (exact) mass is 449 g/mol. The van der Waals surface area contributed by atoms with E-state index in [1.54, 1.807) is 33.1 Å². The minimum Gasteiger partial charge on any atom is -0.497 e. The van der Waals surface area contributed by atoms with E-state index in [1.807, 2.05) is 31.2 Å². The van der Waals surface area contributed by atoms with Gasteiger partial charge >= 0.3 is 5.97 Å². The van der Waals surface area contributed by atoms with Crippen LogP contribution in [0.1, 0.15) is 56.6 Å². The van der Waals surface area contributed by atoms with E-state index in [-0.39, 0.29) is 23.6 Å². The summed E-state index contributed by atoms with van der Waals surface area (Å²) < 4.78 is 24.4. The maximum Gasteiger partial charge on any atom is 0.337 e. The van der Waals surface area contributed by atoms with E-state index < -0.39 is 11.9 Å². The molecule has 2 atom stereocenters. The molecular formula is C27H28FNO4. The number of hydrogen-bond donors (Lipinski definition) is 1. The molecule has 6 heteroatoms. The highest BCUT2D eigenvalue weighted by atomic mass is 19.1. The molecule has 0 radical (unpaired) electrons. The molecule has 0 saturated heterocycles. The van der Waals surface area contributed by atoms with Crippen LogP contribution >= 0.6 is 0 Å². The number of dihydropyridines is 1. The molecule has 0 saturated carbocycles. The van der Waals surface area contributed by atoms with Gasteiger partial charge in [-0.05, 0) is 68.5 Å². The largest absolute Gasteiger partial charge is 0.497 e. The van der Waals surface area contributed by atoms with Crippen molar-refractivity contribution in [1.29, 1.82) is 0 Å². The molecule has 1 N–H and O–H groups in total. The number of halogens is 1. The second kappa shape index (κ2) is 9.22. The first-order valence-corrected chi connectivity index (χ1v) is 11.1. The average Bonchev–Trinajstić information content (AvgIpc) is 2.78. The number of methoxy groups -OCH3 is 1. The fraction of sp³-hybridized carbons (Fsp3) is 0.333. The van der Waals surface area contributed by atoms with Gasteiger partial charge in [0.05, 0.1) is 18.8 Å². The summed E-state index contributed by atoms with van der Waals surface area (Å²) in [7, 11) is 1.62. The molecule has 1 aliphatic carbocycles. The van der Waals surface area contributed by atoms with Crippen LogP contribution in [0.3, 0.4) is 0 Å². The summed E-state index contributed by atoms with van der Waals surface area (Å²) in [5, 5.41) is 3.33. The lowest BCUT2D eigenvalue weighted by atomic mass is 9.71. The predicted molar refractivity (Wildman–Crippen MR) is 123 cm³/mol. The summed E-state index contributed by atoms with van der Waals surface area (Å²) in [4.78, 5) is 26.6. The molecule has 1 heterocycles. The number of ketones is 1. The second-order valence-corrected chi connectivity index (χ2v) is 8.80. The predicted octanol–water partition coefficient (Wildman–Crippen LogP) is 5.15. The summed E-state index contributed by atoms with van der Waals surface area (Å²) in [5.41, 5.74) is 4.16. The Morgan fingerprint density at radius 1 is 1.03 bits per heavy atom. The molecule has 2 aliphatic rings. The first-order chi connectivity index (χ1) is 15.8. The number of esters is 1. The van der Waals surface area contributed by atoms with Gasteiger partial charge in [-0.25, -0.2) is 9.18 Å².